The van der Waals surface area contributed by atoms with Crippen LogP contribution in [0.3, 0.4) is 0 Å². The van der Waals surface area contributed by atoms with E-state index < -0.39 is 0 Å². The number of halogens is 2. The molecule has 1 heterocycles. The van der Waals surface area contributed by atoms with Crippen molar-refractivity contribution in [2.45, 2.75) is 19.3 Å². The second kappa shape index (κ2) is 5.70. The number of hydrogen-bond donors (Lipinski definition) is 1. The zero-order chi connectivity index (χ0) is 16.0. The smallest absolute Gasteiger partial charge is 0.182 e. The maximum Gasteiger partial charge on any atom is 0.182 e. The summed E-state index contributed by atoms with van der Waals surface area (Å²) in [6.45, 7) is 0. The van der Waals surface area contributed by atoms with Crippen LogP contribution in [-0.4, -0.2) is 10.8 Å². The second-order valence-corrected chi connectivity index (χ2v) is 6.84. The lowest BCUT2D eigenvalue weighted by atomic mass is 9.82. The minimum Gasteiger partial charge on any atom is -0.352 e. The van der Waals surface area contributed by atoms with Crippen LogP contribution in [0.15, 0.2) is 42.5 Å². The number of carbonyl (C=O) groups excluding carboxylic acids is 1. The number of hydrogen-bond acceptors (Lipinski definition) is 1. The summed E-state index contributed by atoms with van der Waals surface area (Å²) in [5.41, 5.74) is 3.81. The van der Waals surface area contributed by atoms with Crippen molar-refractivity contribution in [1.82, 2.24) is 4.98 Å². The van der Waals surface area contributed by atoms with Crippen LogP contribution in [0.4, 0.5) is 0 Å². The third kappa shape index (κ3) is 2.46. The number of H-pyrrole nitrogens is 1. The van der Waals surface area contributed by atoms with Gasteiger partial charge in [-0.25, -0.2) is 0 Å². The molecule has 4 heteroatoms. The molecule has 1 aliphatic rings. The van der Waals surface area contributed by atoms with E-state index >= 15 is 0 Å². The Morgan fingerprint density at radius 2 is 1.87 bits per heavy atom. The first-order valence-corrected chi connectivity index (χ1v) is 8.47. The van der Waals surface area contributed by atoms with Gasteiger partial charge in [-0.05, 0) is 42.5 Å². The van der Waals surface area contributed by atoms with Crippen LogP contribution >= 0.6 is 23.2 Å². The molecule has 2 nitrogen and oxygen atoms in total. The van der Waals surface area contributed by atoms with Crippen molar-refractivity contribution in [2.75, 3.05) is 0 Å². The van der Waals surface area contributed by atoms with Gasteiger partial charge in [-0.2, -0.15) is 0 Å². The normalized spacial score (nSPS) is 17.5. The lowest BCUT2D eigenvalue weighted by molar-refractivity contribution is 0.0897. The molecule has 1 unspecified atom stereocenters. The Morgan fingerprint density at radius 3 is 2.65 bits per heavy atom. The number of ketones is 1. The molecule has 0 radical (unpaired) electrons. The fourth-order valence-electron chi connectivity index (χ4n) is 3.49. The lowest BCUT2D eigenvalue weighted by Gasteiger charge is -2.21. The lowest BCUT2D eigenvalue weighted by Crippen LogP contribution is -2.24. The van der Waals surface area contributed by atoms with E-state index in [4.69, 9.17) is 23.2 Å². The molecule has 0 aliphatic heterocycles. The molecule has 0 amide bonds. The van der Waals surface area contributed by atoms with Gasteiger partial charge in [0.25, 0.3) is 0 Å². The van der Waals surface area contributed by atoms with Gasteiger partial charge in [0.15, 0.2) is 5.78 Å². The van der Waals surface area contributed by atoms with Crippen LogP contribution in [-0.2, 0) is 12.8 Å². The summed E-state index contributed by atoms with van der Waals surface area (Å²) in [6.07, 6.45) is 2.47. The molecule has 3 aromatic rings. The molecule has 1 atom stereocenters. The van der Waals surface area contributed by atoms with E-state index in [-0.39, 0.29) is 11.7 Å². The number of Topliss-reactive ketones (excluding diaryl/α,β-unsaturated/α-hetero) is 1. The highest BCUT2D eigenvalue weighted by atomic mass is 35.5. The maximum atomic E-state index is 12.9. The summed E-state index contributed by atoms with van der Waals surface area (Å²) in [6, 6.07) is 13.8. The van der Waals surface area contributed by atoms with Gasteiger partial charge in [0.05, 0.1) is 15.7 Å². The van der Waals surface area contributed by atoms with Gasteiger partial charge in [0.2, 0.25) is 0 Å². The molecule has 2 aromatic carbocycles. The van der Waals surface area contributed by atoms with Gasteiger partial charge in [-0.3, -0.25) is 4.79 Å². The first kappa shape index (κ1) is 14.8. The molecule has 23 heavy (non-hydrogen) atoms. The average molecular weight is 344 g/mol. The highest BCUT2D eigenvalue weighted by molar-refractivity contribution is 6.45. The Labute approximate surface area is 144 Å². The number of nitrogens with one attached hydrogen (secondary N) is 1. The third-order valence-corrected chi connectivity index (χ3v) is 5.45. The molecular weight excluding hydrogens is 329 g/mol. The van der Waals surface area contributed by atoms with Gasteiger partial charge in [-0.1, -0.05) is 53.5 Å². The van der Waals surface area contributed by atoms with Crippen LogP contribution < -0.4 is 0 Å². The second-order valence-electron chi connectivity index (χ2n) is 6.05. The Kier molecular flexibility index (Phi) is 3.67. The van der Waals surface area contributed by atoms with Gasteiger partial charge >= 0.3 is 0 Å². The zero-order valence-corrected chi connectivity index (χ0v) is 13.9. The number of aromatic amines is 1. The van der Waals surface area contributed by atoms with E-state index in [1.807, 2.05) is 24.3 Å². The Bertz CT molecular complexity index is 899. The number of rotatable bonds is 2. The maximum absolute atomic E-state index is 12.9. The number of benzene rings is 2. The van der Waals surface area contributed by atoms with Crippen LogP contribution in [0.1, 0.15) is 28.0 Å². The number of aromatic nitrogens is 1. The SMILES string of the molecule is O=C1c2[nH]c3ccc(Cl)c(Cl)c3c2CCC1Cc1ccccc1. The minimum absolute atomic E-state index is 0.0206. The van der Waals surface area contributed by atoms with Gasteiger partial charge in [-0.15, -0.1) is 0 Å². The van der Waals surface area contributed by atoms with Gasteiger partial charge < -0.3 is 4.98 Å². The first-order chi connectivity index (χ1) is 11.1. The van der Waals surface area contributed by atoms with E-state index in [2.05, 4.69) is 17.1 Å². The van der Waals surface area contributed by atoms with Crippen molar-refractivity contribution < 1.29 is 4.79 Å². The molecule has 4 rings (SSSR count). The highest BCUT2D eigenvalue weighted by Gasteiger charge is 2.31. The van der Waals surface area contributed by atoms with E-state index in [9.17, 15) is 4.79 Å². The number of fused-ring (bicyclic) bond motifs is 3. The van der Waals surface area contributed by atoms with E-state index in [1.54, 1.807) is 6.07 Å². The zero-order valence-electron chi connectivity index (χ0n) is 12.4. The van der Waals surface area contributed by atoms with Gasteiger partial charge in [0.1, 0.15) is 0 Å². The van der Waals surface area contributed by atoms with Crippen LogP contribution in [0, 0.1) is 5.92 Å². The van der Waals surface area contributed by atoms with E-state index in [0.717, 1.165) is 35.7 Å². The van der Waals surface area contributed by atoms with Crippen molar-refractivity contribution in [2.24, 2.45) is 5.92 Å². The molecular formula is C19H15Cl2NO. The Morgan fingerprint density at radius 1 is 1.09 bits per heavy atom. The van der Waals surface area contributed by atoms with Crippen LogP contribution in [0.2, 0.25) is 10.0 Å². The number of aryl methyl sites for hydroxylation is 1. The molecule has 0 bridgehead atoms. The summed E-state index contributed by atoms with van der Waals surface area (Å²) < 4.78 is 0. The monoisotopic (exact) mass is 343 g/mol. The third-order valence-electron chi connectivity index (χ3n) is 4.64. The van der Waals surface area contributed by atoms with Gasteiger partial charge in [0, 0.05) is 16.8 Å². The fraction of sp³-hybridized carbons (Fsp3) is 0.211. The molecule has 0 fully saturated rings. The highest BCUT2D eigenvalue weighted by Crippen LogP contribution is 2.39. The Hall–Kier alpha value is -1.77. The topological polar surface area (TPSA) is 32.9 Å². The molecule has 0 spiro atoms. The van der Waals surface area contributed by atoms with E-state index in [0.29, 0.717) is 15.7 Å². The molecule has 1 aliphatic carbocycles. The molecule has 0 saturated carbocycles. The standard InChI is InChI=1S/C19H15Cl2NO/c20-14-8-9-15-16(17(14)21)13-7-6-12(19(23)18(13)22-15)10-11-4-2-1-3-5-11/h1-5,8-9,12,22H,6-7,10H2. The summed E-state index contributed by atoms with van der Waals surface area (Å²) in [5.74, 6) is 0.200. The summed E-state index contributed by atoms with van der Waals surface area (Å²) in [7, 11) is 0. The summed E-state index contributed by atoms with van der Waals surface area (Å²) >= 11 is 12.5. The molecule has 1 aromatic heterocycles. The molecule has 1 N–H and O–H groups in total. The summed E-state index contributed by atoms with van der Waals surface area (Å²) in [5, 5.41) is 1.97. The van der Waals surface area contributed by atoms with Crippen LogP contribution in [0.25, 0.3) is 10.9 Å². The van der Waals surface area contributed by atoms with E-state index in [1.165, 1.54) is 5.56 Å². The molecule has 116 valence electrons. The Balaban J connectivity index is 1.73. The average Bonchev–Trinajstić information content (AvgIpc) is 2.95. The van der Waals surface area contributed by atoms with Crippen molar-refractivity contribution in [1.29, 1.82) is 0 Å². The van der Waals surface area contributed by atoms with Crippen molar-refractivity contribution in [3.8, 4) is 0 Å². The van der Waals surface area contributed by atoms with Crippen molar-refractivity contribution in [3.05, 3.63) is 69.3 Å². The van der Waals surface area contributed by atoms with Crippen molar-refractivity contribution in [3.63, 3.8) is 0 Å². The first-order valence-electron chi connectivity index (χ1n) is 7.72. The fourth-order valence-corrected chi connectivity index (χ4v) is 3.93. The predicted octanol–water partition coefficient (Wildman–Crippen LogP) is 5.46. The minimum atomic E-state index is 0.0206. The number of carbonyl (C=O) groups is 1. The quantitative estimate of drug-likeness (QED) is 0.658. The largest absolute Gasteiger partial charge is 0.352 e. The predicted molar refractivity (Wildman–Crippen MR) is 94.6 cm³/mol. The van der Waals surface area contributed by atoms with Crippen molar-refractivity contribution >= 4 is 39.9 Å². The summed E-state index contributed by atoms with van der Waals surface area (Å²) in [4.78, 5) is 16.1. The molecule has 0 saturated heterocycles. The van der Waals surface area contributed by atoms with Crippen LogP contribution in [0.5, 0.6) is 0 Å².